The first kappa shape index (κ1) is 24.1. The lowest BCUT2D eigenvalue weighted by molar-refractivity contribution is 0.0785. The van der Waals surface area contributed by atoms with Gasteiger partial charge in [-0.1, -0.05) is 35.9 Å². The Morgan fingerprint density at radius 1 is 1.12 bits per heavy atom. The van der Waals surface area contributed by atoms with Crippen LogP contribution in [0.5, 0.6) is 5.88 Å². The second-order valence-electron chi connectivity index (χ2n) is 8.68. The molecule has 7 nitrogen and oxygen atoms in total. The van der Waals surface area contributed by atoms with E-state index in [1.165, 1.54) is 0 Å². The molecule has 2 aromatic heterocycles. The average molecular weight is 481 g/mol. The number of rotatable bonds is 8. The topological polar surface area (TPSA) is 87.6 Å². The Balaban J connectivity index is 1.30. The number of pyridine rings is 2. The number of halogens is 1. The number of aliphatic hydroxyl groups is 1. The third-order valence-corrected chi connectivity index (χ3v) is 6.43. The van der Waals surface area contributed by atoms with Gasteiger partial charge in [-0.25, -0.2) is 9.97 Å². The molecule has 178 valence electrons. The van der Waals surface area contributed by atoms with E-state index in [0.717, 1.165) is 36.0 Å². The molecule has 0 bridgehead atoms. The van der Waals surface area contributed by atoms with Crippen molar-refractivity contribution in [3.63, 3.8) is 0 Å². The molecule has 0 unspecified atom stereocenters. The van der Waals surface area contributed by atoms with Gasteiger partial charge in [0.05, 0.1) is 13.2 Å². The second-order valence-corrected chi connectivity index (χ2v) is 9.06. The van der Waals surface area contributed by atoms with Crippen molar-refractivity contribution >= 4 is 17.5 Å². The van der Waals surface area contributed by atoms with Crippen molar-refractivity contribution in [3.8, 4) is 5.88 Å². The lowest BCUT2D eigenvalue weighted by Gasteiger charge is -2.20. The van der Waals surface area contributed by atoms with Crippen LogP contribution in [0.4, 0.5) is 0 Å². The first-order chi connectivity index (χ1) is 16.4. The number of ether oxygens (including phenoxy) is 1. The van der Waals surface area contributed by atoms with Gasteiger partial charge in [-0.2, -0.15) is 0 Å². The zero-order valence-corrected chi connectivity index (χ0v) is 20.1. The van der Waals surface area contributed by atoms with Crippen LogP contribution in [0, 0.1) is 0 Å². The van der Waals surface area contributed by atoms with Crippen molar-refractivity contribution in [3.05, 3.63) is 88.3 Å². The third kappa shape index (κ3) is 5.91. The van der Waals surface area contributed by atoms with E-state index in [4.69, 9.17) is 16.3 Å². The number of amides is 1. The van der Waals surface area contributed by atoms with Crippen LogP contribution < -0.4 is 10.1 Å². The Morgan fingerprint density at radius 3 is 2.53 bits per heavy atom. The maximum absolute atomic E-state index is 12.8. The van der Waals surface area contributed by atoms with Crippen molar-refractivity contribution in [2.24, 2.45) is 0 Å². The van der Waals surface area contributed by atoms with E-state index in [0.29, 0.717) is 23.1 Å². The van der Waals surface area contributed by atoms with Crippen molar-refractivity contribution in [1.82, 2.24) is 20.2 Å². The zero-order valence-electron chi connectivity index (χ0n) is 19.3. The summed E-state index contributed by atoms with van der Waals surface area (Å²) in [4.78, 5) is 22.8. The van der Waals surface area contributed by atoms with E-state index >= 15 is 0 Å². The van der Waals surface area contributed by atoms with E-state index in [2.05, 4.69) is 15.3 Å². The molecule has 1 aliphatic rings. The maximum atomic E-state index is 12.8. The number of nitrogens with zero attached hydrogens (tertiary/aromatic N) is 3. The van der Waals surface area contributed by atoms with Crippen LogP contribution in [0.15, 0.2) is 60.9 Å². The molecule has 0 radical (unpaired) electrons. The SMILES string of the molecule is COc1ccc(CN(C)C(=O)c2ccc(C[C@@H]3CC[C@H]([C@H](O)c4ccc(Cl)nc4)N3)cc2)cn1. The number of nitrogens with one attached hydrogen (secondary N) is 1. The lowest BCUT2D eigenvalue weighted by atomic mass is 10.0. The molecule has 1 fully saturated rings. The minimum absolute atomic E-state index is 0.0186. The molecule has 0 aliphatic carbocycles. The molecule has 3 aromatic rings. The summed E-state index contributed by atoms with van der Waals surface area (Å²) in [6.07, 6.45) is 5.42. The van der Waals surface area contributed by atoms with Gasteiger partial charge in [0.25, 0.3) is 5.91 Å². The van der Waals surface area contributed by atoms with Crippen LogP contribution in [0.1, 0.15) is 46.0 Å². The minimum Gasteiger partial charge on any atom is -0.481 e. The molecule has 3 heterocycles. The summed E-state index contributed by atoms with van der Waals surface area (Å²) < 4.78 is 5.08. The van der Waals surface area contributed by atoms with Crippen LogP contribution in [-0.4, -0.2) is 52.1 Å². The van der Waals surface area contributed by atoms with Crippen LogP contribution in [0.3, 0.4) is 0 Å². The molecule has 1 amide bonds. The van der Waals surface area contributed by atoms with E-state index in [1.54, 1.807) is 43.6 Å². The molecular formula is C26H29ClN4O3. The molecule has 4 rings (SSSR count). The average Bonchev–Trinajstić information content (AvgIpc) is 3.33. The molecule has 1 aromatic carbocycles. The number of aromatic nitrogens is 2. The zero-order chi connectivity index (χ0) is 24.1. The highest BCUT2D eigenvalue weighted by molar-refractivity contribution is 6.29. The summed E-state index contributed by atoms with van der Waals surface area (Å²) in [5.74, 6) is 0.508. The number of methoxy groups -OCH3 is 1. The van der Waals surface area contributed by atoms with E-state index in [9.17, 15) is 9.90 Å². The first-order valence-corrected chi connectivity index (χ1v) is 11.7. The fourth-order valence-corrected chi connectivity index (χ4v) is 4.43. The quantitative estimate of drug-likeness (QED) is 0.477. The molecule has 0 spiro atoms. The van der Waals surface area contributed by atoms with Gasteiger partial charge in [-0.15, -0.1) is 0 Å². The van der Waals surface area contributed by atoms with Gasteiger partial charge >= 0.3 is 0 Å². The van der Waals surface area contributed by atoms with Gasteiger partial charge in [0.2, 0.25) is 5.88 Å². The summed E-state index contributed by atoms with van der Waals surface area (Å²) in [5, 5.41) is 14.6. The largest absolute Gasteiger partial charge is 0.481 e. The summed E-state index contributed by atoms with van der Waals surface area (Å²) in [6, 6.07) is 15.2. The highest BCUT2D eigenvalue weighted by Crippen LogP contribution is 2.27. The fraction of sp³-hybridized carbons (Fsp3) is 0.346. The summed E-state index contributed by atoms with van der Waals surface area (Å²) >= 11 is 5.85. The molecule has 1 saturated heterocycles. The highest BCUT2D eigenvalue weighted by atomic mass is 35.5. The number of benzene rings is 1. The smallest absolute Gasteiger partial charge is 0.253 e. The van der Waals surface area contributed by atoms with Gasteiger partial charge in [-0.3, -0.25) is 4.79 Å². The molecular weight excluding hydrogens is 452 g/mol. The summed E-state index contributed by atoms with van der Waals surface area (Å²) in [5.41, 5.74) is 3.50. The normalized spacial score (nSPS) is 18.5. The van der Waals surface area contributed by atoms with Gasteiger partial charge in [0.15, 0.2) is 0 Å². The van der Waals surface area contributed by atoms with Crippen LogP contribution in [0.2, 0.25) is 5.15 Å². The second kappa shape index (κ2) is 11.0. The Labute approximate surface area is 204 Å². The number of carbonyl (C=O) groups is 1. The molecule has 1 aliphatic heterocycles. The summed E-state index contributed by atoms with van der Waals surface area (Å²) in [7, 11) is 3.36. The Bertz CT molecular complexity index is 1090. The van der Waals surface area contributed by atoms with E-state index in [-0.39, 0.29) is 18.0 Å². The van der Waals surface area contributed by atoms with Crippen LogP contribution in [-0.2, 0) is 13.0 Å². The molecule has 2 N–H and O–H groups in total. The van der Waals surface area contributed by atoms with Gasteiger partial charge in [-0.05, 0) is 48.6 Å². The number of aliphatic hydroxyl groups excluding tert-OH is 1. The molecule has 0 saturated carbocycles. The first-order valence-electron chi connectivity index (χ1n) is 11.3. The number of hydrogen-bond acceptors (Lipinski definition) is 6. The van der Waals surface area contributed by atoms with Gasteiger partial charge < -0.3 is 20.1 Å². The standard InChI is InChI=1S/C26H29ClN4O3/c1-31(16-18-5-12-24(34-2)29-14-18)26(33)19-6-3-17(4-7-19)13-21-9-10-22(30-21)25(32)20-8-11-23(27)28-15-20/h3-8,11-12,14-15,21-22,25,30,32H,9-10,13,16H2,1-2H3/t21-,22+,25+/m0/s1. The van der Waals surface area contributed by atoms with Crippen molar-refractivity contribution in [1.29, 1.82) is 0 Å². The van der Waals surface area contributed by atoms with Crippen LogP contribution >= 0.6 is 11.6 Å². The van der Waals surface area contributed by atoms with Crippen molar-refractivity contribution < 1.29 is 14.6 Å². The third-order valence-electron chi connectivity index (χ3n) is 6.20. The van der Waals surface area contributed by atoms with Crippen molar-refractivity contribution in [2.75, 3.05) is 14.2 Å². The van der Waals surface area contributed by atoms with E-state index in [1.807, 2.05) is 36.4 Å². The predicted molar refractivity (Wildman–Crippen MR) is 131 cm³/mol. The fourth-order valence-electron chi connectivity index (χ4n) is 4.31. The Kier molecular flexibility index (Phi) is 7.77. The minimum atomic E-state index is -0.619. The lowest BCUT2D eigenvalue weighted by Crippen LogP contribution is -2.35. The van der Waals surface area contributed by atoms with Gasteiger partial charge in [0.1, 0.15) is 5.15 Å². The number of hydrogen-bond donors (Lipinski definition) is 2. The van der Waals surface area contributed by atoms with E-state index < -0.39 is 6.10 Å². The maximum Gasteiger partial charge on any atom is 0.253 e. The molecule has 8 heteroatoms. The van der Waals surface area contributed by atoms with Gasteiger partial charge in [0, 0.05) is 55.3 Å². The summed E-state index contributed by atoms with van der Waals surface area (Å²) in [6.45, 7) is 0.469. The highest BCUT2D eigenvalue weighted by Gasteiger charge is 2.30. The van der Waals surface area contributed by atoms with Crippen LogP contribution in [0.25, 0.3) is 0 Å². The number of carbonyl (C=O) groups excluding carboxylic acids is 1. The predicted octanol–water partition coefficient (Wildman–Crippen LogP) is 3.81. The Morgan fingerprint density at radius 2 is 1.88 bits per heavy atom. The Hall–Kier alpha value is -3.00. The monoisotopic (exact) mass is 480 g/mol. The molecule has 3 atom stereocenters. The van der Waals surface area contributed by atoms with Crippen molar-refractivity contribution in [2.45, 2.75) is 44.0 Å². The molecule has 34 heavy (non-hydrogen) atoms.